The summed E-state index contributed by atoms with van der Waals surface area (Å²) in [5.74, 6) is 1.19. The van der Waals surface area contributed by atoms with Gasteiger partial charge < -0.3 is 9.88 Å². The standard InChI is InChI=1S/C15H28N4/c1-5-18-11-8-17-14(18)12-13(16-4)15(2,3)19-9-6-7-10-19/h8,11,13,16H,5-7,9-10,12H2,1-4H3. The maximum atomic E-state index is 4.52. The highest BCUT2D eigenvalue weighted by molar-refractivity contribution is 5.03. The third-order valence-corrected chi connectivity index (χ3v) is 4.65. The van der Waals surface area contributed by atoms with Crippen LogP contribution in [0.4, 0.5) is 0 Å². The number of aryl methyl sites for hydroxylation is 1. The van der Waals surface area contributed by atoms with Crippen molar-refractivity contribution in [1.29, 1.82) is 0 Å². The molecule has 1 unspecified atom stereocenters. The van der Waals surface area contributed by atoms with Crippen LogP contribution in [0.2, 0.25) is 0 Å². The van der Waals surface area contributed by atoms with E-state index in [0.29, 0.717) is 6.04 Å². The average Bonchev–Trinajstić information content (AvgIpc) is 3.06. The van der Waals surface area contributed by atoms with E-state index in [0.717, 1.165) is 13.0 Å². The van der Waals surface area contributed by atoms with Crippen LogP contribution in [-0.2, 0) is 13.0 Å². The van der Waals surface area contributed by atoms with E-state index >= 15 is 0 Å². The Bertz CT molecular complexity index is 391. The Kier molecular flexibility index (Phi) is 4.63. The minimum absolute atomic E-state index is 0.176. The summed E-state index contributed by atoms with van der Waals surface area (Å²) in [4.78, 5) is 7.14. The van der Waals surface area contributed by atoms with Gasteiger partial charge in [0, 0.05) is 36.9 Å². The summed E-state index contributed by atoms with van der Waals surface area (Å²) in [5.41, 5.74) is 0.176. The number of hydrogen-bond acceptors (Lipinski definition) is 3. The van der Waals surface area contributed by atoms with Crippen LogP contribution < -0.4 is 5.32 Å². The van der Waals surface area contributed by atoms with Gasteiger partial charge in [-0.2, -0.15) is 0 Å². The molecule has 1 N–H and O–H groups in total. The third kappa shape index (κ3) is 3.00. The van der Waals surface area contributed by atoms with Gasteiger partial charge in [0.15, 0.2) is 0 Å². The number of nitrogens with one attached hydrogen (secondary N) is 1. The largest absolute Gasteiger partial charge is 0.335 e. The summed E-state index contributed by atoms with van der Waals surface area (Å²) in [5, 5.41) is 3.51. The van der Waals surface area contributed by atoms with Crippen LogP contribution in [0.25, 0.3) is 0 Å². The van der Waals surface area contributed by atoms with Crippen molar-refractivity contribution in [2.45, 2.75) is 58.2 Å². The molecule has 0 aromatic carbocycles. The molecule has 0 aliphatic carbocycles. The second-order valence-electron chi connectivity index (χ2n) is 6.02. The molecule has 1 aromatic rings. The van der Waals surface area contributed by atoms with Gasteiger partial charge in [-0.3, -0.25) is 4.90 Å². The van der Waals surface area contributed by atoms with E-state index < -0.39 is 0 Å². The van der Waals surface area contributed by atoms with Gasteiger partial charge in [0.1, 0.15) is 5.82 Å². The molecule has 1 fully saturated rings. The van der Waals surface area contributed by atoms with Crippen molar-refractivity contribution in [2.24, 2.45) is 0 Å². The molecular formula is C15H28N4. The van der Waals surface area contributed by atoms with E-state index in [1.165, 1.54) is 31.8 Å². The second kappa shape index (κ2) is 6.06. The third-order valence-electron chi connectivity index (χ3n) is 4.65. The first-order valence-corrected chi connectivity index (χ1v) is 7.52. The minimum atomic E-state index is 0.176. The van der Waals surface area contributed by atoms with Crippen LogP contribution in [0.1, 0.15) is 39.4 Å². The van der Waals surface area contributed by atoms with E-state index in [4.69, 9.17) is 0 Å². The smallest absolute Gasteiger partial charge is 0.110 e. The summed E-state index contributed by atoms with van der Waals surface area (Å²) >= 11 is 0. The first kappa shape index (κ1) is 14.5. The Hall–Kier alpha value is -0.870. The van der Waals surface area contributed by atoms with Crippen molar-refractivity contribution in [1.82, 2.24) is 19.8 Å². The molecule has 4 nitrogen and oxygen atoms in total. The van der Waals surface area contributed by atoms with Crippen LogP contribution in [0.3, 0.4) is 0 Å². The summed E-state index contributed by atoms with van der Waals surface area (Å²) in [7, 11) is 2.07. The molecule has 0 spiro atoms. The monoisotopic (exact) mass is 264 g/mol. The van der Waals surface area contributed by atoms with Crippen molar-refractivity contribution in [3.8, 4) is 0 Å². The van der Waals surface area contributed by atoms with Crippen LogP contribution in [0.15, 0.2) is 12.4 Å². The molecule has 2 rings (SSSR count). The maximum Gasteiger partial charge on any atom is 0.110 e. The topological polar surface area (TPSA) is 33.1 Å². The highest BCUT2D eigenvalue weighted by Crippen LogP contribution is 2.25. The number of likely N-dealkylation sites (N-methyl/N-ethyl adjacent to an activating group) is 1. The predicted octanol–water partition coefficient (Wildman–Crippen LogP) is 1.91. The fraction of sp³-hybridized carbons (Fsp3) is 0.800. The van der Waals surface area contributed by atoms with E-state index in [1.807, 2.05) is 6.20 Å². The summed E-state index contributed by atoms with van der Waals surface area (Å²) in [6, 6.07) is 0.429. The lowest BCUT2D eigenvalue weighted by Gasteiger charge is -2.42. The van der Waals surface area contributed by atoms with Gasteiger partial charge in [-0.15, -0.1) is 0 Å². The highest BCUT2D eigenvalue weighted by Gasteiger charge is 2.36. The van der Waals surface area contributed by atoms with Crippen molar-refractivity contribution in [3.63, 3.8) is 0 Å². The predicted molar refractivity (Wildman–Crippen MR) is 79.3 cm³/mol. The Balaban J connectivity index is 2.10. The maximum absolute atomic E-state index is 4.52. The van der Waals surface area contributed by atoms with Crippen molar-refractivity contribution >= 4 is 0 Å². The highest BCUT2D eigenvalue weighted by atomic mass is 15.2. The number of hydrogen-bond donors (Lipinski definition) is 1. The number of likely N-dealkylation sites (tertiary alicyclic amines) is 1. The van der Waals surface area contributed by atoms with Crippen molar-refractivity contribution < 1.29 is 0 Å². The quantitative estimate of drug-likeness (QED) is 0.852. The molecule has 1 aliphatic heterocycles. The first-order valence-electron chi connectivity index (χ1n) is 7.52. The molecule has 0 saturated carbocycles. The van der Waals surface area contributed by atoms with Crippen LogP contribution in [0.5, 0.6) is 0 Å². The molecule has 0 bridgehead atoms. The van der Waals surface area contributed by atoms with Gasteiger partial charge in [-0.05, 0) is 53.8 Å². The van der Waals surface area contributed by atoms with Gasteiger partial charge in [0.2, 0.25) is 0 Å². The molecule has 108 valence electrons. The molecule has 1 aliphatic rings. The van der Waals surface area contributed by atoms with Gasteiger partial charge in [-0.25, -0.2) is 4.98 Å². The lowest BCUT2D eigenvalue weighted by atomic mass is 9.90. The normalized spacial score (nSPS) is 18.9. The van der Waals surface area contributed by atoms with Crippen LogP contribution in [0, 0.1) is 0 Å². The molecule has 0 radical (unpaired) electrons. The zero-order valence-corrected chi connectivity index (χ0v) is 12.8. The number of rotatable bonds is 6. The Morgan fingerprint density at radius 3 is 2.63 bits per heavy atom. The molecular weight excluding hydrogens is 236 g/mol. The number of aromatic nitrogens is 2. The van der Waals surface area contributed by atoms with Gasteiger partial charge in [0.25, 0.3) is 0 Å². The summed E-state index contributed by atoms with van der Waals surface area (Å²) in [6.07, 6.45) is 7.65. The Labute approximate surface area is 117 Å². The van der Waals surface area contributed by atoms with E-state index in [2.05, 4.69) is 53.8 Å². The fourth-order valence-electron chi connectivity index (χ4n) is 3.22. The molecule has 2 heterocycles. The zero-order valence-electron chi connectivity index (χ0n) is 12.8. The van der Waals surface area contributed by atoms with E-state index in [-0.39, 0.29) is 5.54 Å². The SMILES string of the molecule is CCn1ccnc1CC(NC)C(C)(C)N1CCCC1. The Morgan fingerprint density at radius 2 is 2.05 bits per heavy atom. The summed E-state index contributed by atoms with van der Waals surface area (Å²) < 4.78 is 2.24. The Morgan fingerprint density at radius 1 is 1.37 bits per heavy atom. The van der Waals surface area contributed by atoms with E-state index in [1.54, 1.807) is 0 Å². The van der Waals surface area contributed by atoms with Gasteiger partial charge in [-0.1, -0.05) is 0 Å². The van der Waals surface area contributed by atoms with Crippen molar-refractivity contribution in [3.05, 3.63) is 18.2 Å². The minimum Gasteiger partial charge on any atom is -0.335 e. The lowest BCUT2D eigenvalue weighted by molar-refractivity contribution is 0.109. The van der Waals surface area contributed by atoms with Crippen molar-refractivity contribution in [2.75, 3.05) is 20.1 Å². The molecule has 1 aromatic heterocycles. The second-order valence-corrected chi connectivity index (χ2v) is 6.02. The molecule has 1 atom stereocenters. The van der Waals surface area contributed by atoms with Crippen LogP contribution in [-0.4, -0.2) is 46.2 Å². The summed E-state index contributed by atoms with van der Waals surface area (Å²) in [6.45, 7) is 10.3. The lowest BCUT2D eigenvalue weighted by Crippen LogP contribution is -2.57. The molecule has 0 amide bonds. The first-order chi connectivity index (χ1) is 9.09. The number of nitrogens with zero attached hydrogens (tertiary/aromatic N) is 3. The van der Waals surface area contributed by atoms with Gasteiger partial charge >= 0.3 is 0 Å². The fourth-order valence-corrected chi connectivity index (χ4v) is 3.22. The van der Waals surface area contributed by atoms with E-state index in [9.17, 15) is 0 Å². The molecule has 4 heteroatoms. The molecule has 1 saturated heterocycles. The zero-order chi connectivity index (χ0) is 13.9. The average molecular weight is 264 g/mol. The molecule has 19 heavy (non-hydrogen) atoms. The number of imidazole rings is 1. The van der Waals surface area contributed by atoms with Gasteiger partial charge in [0.05, 0.1) is 0 Å². The van der Waals surface area contributed by atoms with Crippen LogP contribution >= 0.6 is 0 Å².